The van der Waals surface area contributed by atoms with Gasteiger partial charge in [0, 0.05) is 37.4 Å². The lowest BCUT2D eigenvalue weighted by Crippen LogP contribution is -2.23. The number of rotatable bonds is 6. The first-order valence-corrected chi connectivity index (χ1v) is 9.34. The number of hydrogen-bond acceptors (Lipinski definition) is 9. The Morgan fingerprint density at radius 2 is 2.23 bits per heavy atom. The van der Waals surface area contributed by atoms with E-state index >= 15 is 0 Å². The number of ether oxygens (including phenoxy) is 1. The van der Waals surface area contributed by atoms with Gasteiger partial charge in [-0.05, 0) is 29.8 Å². The molecule has 1 atom stereocenters. The van der Waals surface area contributed by atoms with Crippen LogP contribution in [0.4, 0.5) is 23.1 Å². The number of pyridine rings is 1. The number of aliphatic hydroxyl groups excluding tert-OH is 1. The largest absolute Gasteiger partial charge is 0.489 e. The van der Waals surface area contributed by atoms with Crippen molar-refractivity contribution in [1.29, 1.82) is 0 Å². The maximum absolute atomic E-state index is 11.7. The highest BCUT2D eigenvalue weighted by Gasteiger charge is 2.16. The van der Waals surface area contributed by atoms with Crippen molar-refractivity contribution < 1.29 is 14.6 Å². The standard InChI is InChI=1S/C20H21N7O3/c21-18(29)15-10-25-20(27-19(15)24-8-12-2-1-5-22-7-12)26-13-3-4-17-16(6-13)23-9-14(28)11-30-17/h1-7,10,14,23,28H,8-9,11H2,(H2,21,29)(H2,24,25,26,27). The fourth-order valence-electron chi connectivity index (χ4n) is 2.92. The van der Waals surface area contributed by atoms with Crippen molar-refractivity contribution in [3.63, 3.8) is 0 Å². The lowest BCUT2D eigenvalue weighted by Gasteiger charge is -2.13. The maximum atomic E-state index is 11.7. The molecule has 0 saturated carbocycles. The van der Waals surface area contributed by atoms with Crippen LogP contribution >= 0.6 is 0 Å². The number of carbonyl (C=O) groups excluding carboxylic acids is 1. The minimum Gasteiger partial charge on any atom is -0.489 e. The van der Waals surface area contributed by atoms with Crippen molar-refractivity contribution in [2.45, 2.75) is 12.6 Å². The summed E-state index contributed by atoms with van der Waals surface area (Å²) in [5, 5.41) is 19.1. The number of β-amino-alcohol motifs (C(OH)–C–C–N with tert-alkyl or cyclic N) is 1. The van der Waals surface area contributed by atoms with E-state index in [9.17, 15) is 9.90 Å². The Kier molecular flexibility index (Phi) is 5.57. The molecule has 10 heteroatoms. The van der Waals surface area contributed by atoms with Crippen LogP contribution in [-0.2, 0) is 6.54 Å². The Morgan fingerprint density at radius 3 is 3.03 bits per heavy atom. The van der Waals surface area contributed by atoms with E-state index in [0.29, 0.717) is 36.3 Å². The summed E-state index contributed by atoms with van der Waals surface area (Å²) in [5.74, 6) is 0.646. The van der Waals surface area contributed by atoms with Gasteiger partial charge in [0.15, 0.2) is 0 Å². The van der Waals surface area contributed by atoms with Gasteiger partial charge < -0.3 is 31.5 Å². The van der Waals surface area contributed by atoms with E-state index in [0.717, 1.165) is 11.3 Å². The Hall–Kier alpha value is -3.92. The van der Waals surface area contributed by atoms with E-state index in [-0.39, 0.29) is 12.2 Å². The quantitative estimate of drug-likeness (QED) is 0.410. The Bertz CT molecular complexity index is 1050. The summed E-state index contributed by atoms with van der Waals surface area (Å²) < 4.78 is 5.56. The van der Waals surface area contributed by atoms with E-state index in [1.807, 2.05) is 24.3 Å². The number of anilines is 4. The molecule has 0 bridgehead atoms. The Labute approximate surface area is 172 Å². The van der Waals surface area contributed by atoms with E-state index in [4.69, 9.17) is 10.5 Å². The van der Waals surface area contributed by atoms with Crippen LogP contribution in [0.25, 0.3) is 0 Å². The van der Waals surface area contributed by atoms with Gasteiger partial charge in [-0.2, -0.15) is 4.98 Å². The van der Waals surface area contributed by atoms with Crippen LogP contribution in [0.2, 0.25) is 0 Å². The average molecular weight is 407 g/mol. The monoisotopic (exact) mass is 407 g/mol. The number of nitrogens with two attached hydrogens (primary N) is 1. The molecule has 10 nitrogen and oxygen atoms in total. The van der Waals surface area contributed by atoms with Crippen LogP contribution in [-0.4, -0.2) is 45.2 Å². The van der Waals surface area contributed by atoms with Gasteiger partial charge in [-0.15, -0.1) is 0 Å². The van der Waals surface area contributed by atoms with E-state index in [1.165, 1.54) is 6.20 Å². The van der Waals surface area contributed by atoms with Crippen LogP contribution < -0.4 is 26.4 Å². The summed E-state index contributed by atoms with van der Waals surface area (Å²) in [6.45, 7) is 1.05. The van der Waals surface area contributed by atoms with E-state index in [1.54, 1.807) is 18.5 Å². The first-order valence-electron chi connectivity index (χ1n) is 9.34. The summed E-state index contributed by atoms with van der Waals surface area (Å²) >= 11 is 0. The number of primary amides is 1. The molecule has 30 heavy (non-hydrogen) atoms. The van der Waals surface area contributed by atoms with Crippen molar-refractivity contribution >= 4 is 29.0 Å². The molecule has 154 valence electrons. The molecule has 0 aliphatic carbocycles. The van der Waals surface area contributed by atoms with Gasteiger partial charge in [0.2, 0.25) is 5.95 Å². The highest BCUT2D eigenvalue weighted by Crippen LogP contribution is 2.31. The second-order valence-corrected chi connectivity index (χ2v) is 6.72. The molecule has 3 heterocycles. The molecule has 4 rings (SSSR count). The highest BCUT2D eigenvalue weighted by molar-refractivity contribution is 5.97. The molecule has 1 aliphatic heterocycles. The lowest BCUT2D eigenvalue weighted by molar-refractivity contribution is 0.100. The van der Waals surface area contributed by atoms with Crippen LogP contribution in [0.15, 0.2) is 48.9 Å². The normalized spacial score (nSPS) is 15.2. The zero-order valence-electron chi connectivity index (χ0n) is 16.0. The number of carbonyl (C=O) groups is 1. The zero-order valence-corrected chi connectivity index (χ0v) is 16.0. The minimum absolute atomic E-state index is 0.190. The Balaban J connectivity index is 1.54. The number of hydrogen-bond donors (Lipinski definition) is 5. The van der Waals surface area contributed by atoms with Crippen LogP contribution in [0.3, 0.4) is 0 Å². The summed E-state index contributed by atoms with van der Waals surface area (Å²) in [6.07, 6.45) is 4.21. The van der Waals surface area contributed by atoms with Gasteiger partial charge in [-0.3, -0.25) is 9.78 Å². The summed E-state index contributed by atoms with van der Waals surface area (Å²) in [6, 6.07) is 9.18. The molecule has 0 fully saturated rings. The second-order valence-electron chi connectivity index (χ2n) is 6.72. The molecule has 1 amide bonds. The molecular formula is C20H21N7O3. The second kappa shape index (κ2) is 8.62. The predicted octanol–water partition coefficient (Wildman–Crippen LogP) is 1.49. The number of benzene rings is 1. The van der Waals surface area contributed by atoms with Crippen LogP contribution in [0.5, 0.6) is 5.75 Å². The predicted molar refractivity (Wildman–Crippen MR) is 112 cm³/mol. The molecule has 1 unspecified atom stereocenters. The fraction of sp³-hybridized carbons (Fsp3) is 0.200. The van der Waals surface area contributed by atoms with Crippen LogP contribution in [0.1, 0.15) is 15.9 Å². The van der Waals surface area contributed by atoms with Gasteiger partial charge >= 0.3 is 0 Å². The van der Waals surface area contributed by atoms with Gasteiger partial charge in [0.05, 0.1) is 11.3 Å². The third-order valence-corrected chi connectivity index (χ3v) is 4.43. The number of nitrogens with zero attached hydrogens (tertiary/aromatic N) is 3. The van der Waals surface area contributed by atoms with Crippen molar-refractivity contribution in [3.05, 3.63) is 60.0 Å². The number of nitrogens with one attached hydrogen (secondary N) is 3. The molecule has 0 saturated heterocycles. The molecule has 1 aromatic carbocycles. The Morgan fingerprint density at radius 1 is 1.33 bits per heavy atom. The summed E-state index contributed by atoms with van der Waals surface area (Å²) in [4.78, 5) is 24.4. The molecule has 0 radical (unpaired) electrons. The van der Waals surface area contributed by atoms with Crippen molar-refractivity contribution in [2.75, 3.05) is 29.1 Å². The van der Waals surface area contributed by atoms with Crippen LogP contribution in [0, 0.1) is 0 Å². The molecule has 6 N–H and O–H groups in total. The van der Waals surface area contributed by atoms with Gasteiger partial charge in [-0.25, -0.2) is 4.98 Å². The molecule has 1 aliphatic rings. The van der Waals surface area contributed by atoms with E-state index in [2.05, 4.69) is 30.9 Å². The molecule has 0 spiro atoms. The minimum atomic E-state index is -0.625. The van der Waals surface area contributed by atoms with Crippen molar-refractivity contribution in [3.8, 4) is 5.75 Å². The van der Waals surface area contributed by atoms with Gasteiger partial charge in [0.1, 0.15) is 24.3 Å². The first kappa shape index (κ1) is 19.4. The molecule has 3 aromatic rings. The number of fused-ring (bicyclic) bond motifs is 1. The fourth-order valence-corrected chi connectivity index (χ4v) is 2.92. The summed E-state index contributed by atoms with van der Waals surface area (Å²) in [7, 11) is 0. The first-order chi connectivity index (χ1) is 14.6. The third kappa shape index (κ3) is 4.55. The average Bonchev–Trinajstić information content (AvgIpc) is 2.94. The number of aliphatic hydroxyl groups is 1. The number of aromatic nitrogens is 3. The lowest BCUT2D eigenvalue weighted by atomic mass is 10.2. The van der Waals surface area contributed by atoms with Crippen molar-refractivity contribution in [2.24, 2.45) is 5.73 Å². The van der Waals surface area contributed by atoms with E-state index < -0.39 is 12.0 Å². The number of amides is 1. The molecular weight excluding hydrogens is 386 g/mol. The zero-order chi connectivity index (χ0) is 20.9. The molecule has 2 aromatic heterocycles. The SMILES string of the molecule is NC(=O)c1cnc(Nc2ccc3c(c2)NCC(O)CO3)nc1NCc1cccnc1. The third-order valence-electron chi connectivity index (χ3n) is 4.43. The van der Waals surface area contributed by atoms with Crippen molar-refractivity contribution in [1.82, 2.24) is 15.0 Å². The summed E-state index contributed by atoms with van der Waals surface area (Å²) in [5.41, 5.74) is 8.04. The maximum Gasteiger partial charge on any atom is 0.254 e. The smallest absolute Gasteiger partial charge is 0.254 e. The topological polar surface area (TPSA) is 147 Å². The van der Waals surface area contributed by atoms with Gasteiger partial charge in [-0.1, -0.05) is 6.07 Å². The highest BCUT2D eigenvalue weighted by atomic mass is 16.5. The van der Waals surface area contributed by atoms with Gasteiger partial charge in [0.25, 0.3) is 5.91 Å².